The van der Waals surface area contributed by atoms with E-state index in [-0.39, 0.29) is 0 Å². The summed E-state index contributed by atoms with van der Waals surface area (Å²) in [5, 5.41) is 0. The Kier molecular flexibility index (Phi) is 7.55. The van der Waals surface area contributed by atoms with Crippen molar-refractivity contribution < 1.29 is 14.3 Å². The fraction of sp³-hybridized carbons (Fsp3) is 0.208. The van der Waals surface area contributed by atoms with Crippen LogP contribution in [0.4, 0.5) is 0 Å². The zero-order valence-corrected chi connectivity index (χ0v) is 16.9. The van der Waals surface area contributed by atoms with Crippen molar-refractivity contribution >= 4 is 11.8 Å². The minimum Gasteiger partial charge on any atom is -0.494 e. The zero-order chi connectivity index (χ0) is 21.2. The molecule has 0 atom stereocenters. The lowest BCUT2D eigenvalue weighted by Gasteiger charge is -2.09. The summed E-state index contributed by atoms with van der Waals surface area (Å²) >= 11 is 0. The van der Waals surface area contributed by atoms with Crippen LogP contribution >= 0.6 is 0 Å². The van der Waals surface area contributed by atoms with E-state index in [1.807, 2.05) is 24.3 Å². The number of pyridine rings is 1. The fourth-order valence-electron chi connectivity index (χ4n) is 2.85. The smallest absolute Gasteiger partial charge is 0.269 e. The van der Waals surface area contributed by atoms with Gasteiger partial charge in [-0.3, -0.25) is 25.4 Å². The zero-order valence-electron chi connectivity index (χ0n) is 16.9. The number of unbranched alkanes of at least 4 members (excludes halogenated alkanes) is 2. The van der Waals surface area contributed by atoms with Crippen LogP contribution in [-0.4, -0.2) is 23.4 Å². The van der Waals surface area contributed by atoms with E-state index in [9.17, 15) is 9.59 Å². The highest BCUT2D eigenvalue weighted by Gasteiger charge is 2.10. The van der Waals surface area contributed by atoms with Gasteiger partial charge in [-0.2, -0.15) is 0 Å². The normalized spacial score (nSPS) is 10.3. The summed E-state index contributed by atoms with van der Waals surface area (Å²) in [6.07, 6.45) is 6.75. The van der Waals surface area contributed by atoms with Gasteiger partial charge in [-0.25, -0.2) is 0 Å². The van der Waals surface area contributed by atoms with Crippen LogP contribution in [0.15, 0.2) is 73.1 Å². The van der Waals surface area contributed by atoms with Crippen molar-refractivity contribution in [3.8, 4) is 16.9 Å². The molecule has 0 spiro atoms. The minimum atomic E-state index is -0.395. The lowest BCUT2D eigenvalue weighted by atomic mass is 10.1. The molecule has 0 saturated carbocycles. The maximum absolute atomic E-state index is 12.3. The minimum absolute atomic E-state index is 0.392. The average Bonchev–Trinajstić information content (AvgIpc) is 2.81. The molecule has 2 aromatic carbocycles. The van der Waals surface area contributed by atoms with E-state index in [0.717, 1.165) is 36.1 Å². The number of hydrogen-bond donors (Lipinski definition) is 2. The standard InChI is InChI=1S/C24H25N3O3/c1-2-3-4-16-30-22-13-11-20(12-14-22)24(29)27-26-23(28)19-9-7-18(8-10-19)21-6-5-15-25-17-21/h5-15,17H,2-4,16H2,1H3,(H,26,28)(H,27,29). The molecule has 1 aromatic heterocycles. The number of carbonyl (C=O) groups excluding carboxylic acids is 2. The summed E-state index contributed by atoms with van der Waals surface area (Å²) < 4.78 is 5.64. The molecule has 30 heavy (non-hydrogen) atoms. The number of carbonyl (C=O) groups is 2. The molecule has 2 amide bonds. The van der Waals surface area contributed by atoms with Gasteiger partial charge in [-0.05, 0) is 60.0 Å². The van der Waals surface area contributed by atoms with Crippen molar-refractivity contribution in [2.45, 2.75) is 26.2 Å². The highest BCUT2D eigenvalue weighted by Crippen LogP contribution is 2.18. The van der Waals surface area contributed by atoms with E-state index < -0.39 is 11.8 Å². The summed E-state index contributed by atoms with van der Waals surface area (Å²) in [6.45, 7) is 2.80. The van der Waals surface area contributed by atoms with Gasteiger partial charge in [0, 0.05) is 23.5 Å². The summed E-state index contributed by atoms with van der Waals surface area (Å²) in [4.78, 5) is 28.6. The number of hydrazine groups is 1. The second kappa shape index (κ2) is 10.8. The van der Waals surface area contributed by atoms with Crippen molar-refractivity contribution in [3.05, 3.63) is 84.2 Å². The molecule has 0 unspecified atom stereocenters. The number of aromatic nitrogens is 1. The average molecular weight is 403 g/mol. The van der Waals surface area contributed by atoms with E-state index in [0.29, 0.717) is 17.7 Å². The molecule has 3 rings (SSSR count). The van der Waals surface area contributed by atoms with E-state index in [1.165, 1.54) is 0 Å². The predicted molar refractivity (Wildman–Crippen MR) is 116 cm³/mol. The van der Waals surface area contributed by atoms with Crippen LogP contribution in [0.3, 0.4) is 0 Å². The first kappa shape index (κ1) is 21.0. The van der Waals surface area contributed by atoms with Gasteiger partial charge < -0.3 is 4.74 Å². The molecule has 0 aliphatic rings. The Morgan fingerprint density at radius 2 is 1.47 bits per heavy atom. The molecule has 0 aliphatic heterocycles. The van der Waals surface area contributed by atoms with Crippen molar-refractivity contribution in [2.24, 2.45) is 0 Å². The molecule has 1 heterocycles. The summed E-state index contributed by atoms with van der Waals surface area (Å²) in [7, 11) is 0. The Morgan fingerprint density at radius 1 is 0.833 bits per heavy atom. The Labute approximate surface area is 176 Å². The first-order valence-corrected chi connectivity index (χ1v) is 10.0. The van der Waals surface area contributed by atoms with E-state index in [2.05, 4.69) is 22.8 Å². The van der Waals surface area contributed by atoms with Crippen LogP contribution < -0.4 is 15.6 Å². The lowest BCUT2D eigenvalue weighted by molar-refractivity contribution is 0.0846. The largest absolute Gasteiger partial charge is 0.494 e. The number of amides is 2. The third kappa shape index (κ3) is 5.91. The van der Waals surface area contributed by atoms with Gasteiger partial charge in [0.15, 0.2) is 0 Å². The van der Waals surface area contributed by atoms with Crippen LogP contribution in [0.5, 0.6) is 5.75 Å². The first-order valence-electron chi connectivity index (χ1n) is 10.0. The molecule has 2 N–H and O–H groups in total. The quantitative estimate of drug-likeness (QED) is 0.432. The highest BCUT2D eigenvalue weighted by molar-refractivity contribution is 5.99. The van der Waals surface area contributed by atoms with Gasteiger partial charge in [0.2, 0.25) is 0 Å². The van der Waals surface area contributed by atoms with Gasteiger partial charge in [0.05, 0.1) is 6.61 Å². The van der Waals surface area contributed by atoms with Gasteiger partial charge in [0.25, 0.3) is 11.8 Å². The molecule has 0 fully saturated rings. The molecule has 0 aliphatic carbocycles. The second-order valence-corrected chi connectivity index (χ2v) is 6.81. The summed E-state index contributed by atoms with van der Waals surface area (Å²) in [6, 6.07) is 17.7. The topological polar surface area (TPSA) is 80.3 Å². The monoisotopic (exact) mass is 403 g/mol. The number of benzene rings is 2. The van der Waals surface area contributed by atoms with Crippen molar-refractivity contribution in [2.75, 3.05) is 6.61 Å². The Morgan fingerprint density at radius 3 is 2.03 bits per heavy atom. The molecule has 6 heteroatoms. The maximum Gasteiger partial charge on any atom is 0.269 e. The molecular weight excluding hydrogens is 378 g/mol. The van der Waals surface area contributed by atoms with E-state index in [1.54, 1.807) is 48.8 Å². The summed E-state index contributed by atoms with van der Waals surface area (Å²) in [5.74, 6) is -0.0646. The number of nitrogens with one attached hydrogen (secondary N) is 2. The molecule has 0 saturated heterocycles. The molecule has 0 bridgehead atoms. The lowest BCUT2D eigenvalue weighted by Crippen LogP contribution is -2.41. The Hall–Kier alpha value is -3.67. The van der Waals surface area contributed by atoms with Gasteiger partial charge >= 0.3 is 0 Å². The maximum atomic E-state index is 12.3. The van der Waals surface area contributed by atoms with Crippen LogP contribution in [0.25, 0.3) is 11.1 Å². The number of hydrogen-bond acceptors (Lipinski definition) is 4. The first-order chi connectivity index (χ1) is 14.7. The number of nitrogens with zero attached hydrogens (tertiary/aromatic N) is 1. The van der Waals surface area contributed by atoms with Crippen molar-refractivity contribution in [1.82, 2.24) is 15.8 Å². The summed E-state index contributed by atoms with van der Waals surface area (Å²) in [5.41, 5.74) is 7.67. The van der Waals surface area contributed by atoms with Crippen LogP contribution in [0.1, 0.15) is 46.9 Å². The Balaban J connectivity index is 1.50. The van der Waals surface area contributed by atoms with Gasteiger partial charge in [0.1, 0.15) is 5.75 Å². The number of ether oxygens (including phenoxy) is 1. The molecular formula is C24H25N3O3. The second-order valence-electron chi connectivity index (χ2n) is 6.81. The van der Waals surface area contributed by atoms with Crippen molar-refractivity contribution in [1.29, 1.82) is 0 Å². The molecule has 3 aromatic rings. The number of rotatable bonds is 8. The third-order valence-electron chi connectivity index (χ3n) is 4.56. The van der Waals surface area contributed by atoms with E-state index in [4.69, 9.17) is 4.74 Å². The van der Waals surface area contributed by atoms with Crippen LogP contribution in [-0.2, 0) is 0 Å². The predicted octanol–water partition coefficient (Wildman–Crippen LogP) is 4.39. The van der Waals surface area contributed by atoms with Crippen molar-refractivity contribution in [3.63, 3.8) is 0 Å². The van der Waals surface area contributed by atoms with Gasteiger partial charge in [-0.1, -0.05) is 38.0 Å². The van der Waals surface area contributed by atoms with Crippen LogP contribution in [0.2, 0.25) is 0 Å². The molecule has 154 valence electrons. The van der Waals surface area contributed by atoms with Crippen LogP contribution in [0, 0.1) is 0 Å². The third-order valence-corrected chi connectivity index (χ3v) is 4.56. The molecule has 6 nitrogen and oxygen atoms in total. The molecule has 0 radical (unpaired) electrons. The van der Waals surface area contributed by atoms with Gasteiger partial charge in [-0.15, -0.1) is 0 Å². The SMILES string of the molecule is CCCCCOc1ccc(C(=O)NNC(=O)c2ccc(-c3cccnc3)cc2)cc1. The fourth-order valence-corrected chi connectivity index (χ4v) is 2.85. The highest BCUT2D eigenvalue weighted by atomic mass is 16.5. The Bertz CT molecular complexity index is 955. The van der Waals surface area contributed by atoms with E-state index >= 15 is 0 Å².